The number of rotatable bonds is 4. The first-order valence-electron chi connectivity index (χ1n) is 6.49. The number of piperidine rings is 1. The molecule has 0 aliphatic carbocycles. The van der Waals surface area contributed by atoms with Gasteiger partial charge in [0, 0.05) is 37.0 Å². The van der Waals surface area contributed by atoms with Crippen LogP contribution in [0.5, 0.6) is 0 Å². The molecule has 2 N–H and O–H groups in total. The molecule has 0 amide bonds. The molecule has 0 radical (unpaired) electrons. The molecule has 1 fully saturated rings. The summed E-state index contributed by atoms with van der Waals surface area (Å²) in [6.45, 7) is 1.78. The molecule has 0 unspecified atom stereocenters. The van der Waals surface area contributed by atoms with Gasteiger partial charge in [0.1, 0.15) is 0 Å². The molecular formula is C13H19BrN2O3S. The van der Waals surface area contributed by atoms with E-state index in [1.165, 1.54) is 4.31 Å². The van der Waals surface area contributed by atoms with Crippen LogP contribution in [-0.2, 0) is 14.8 Å². The van der Waals surface area contributed by atoms with Crippen LogP contribution in [0, 0.1) is 5.92 Å². The summed E-state index contributed by atoms with van der Waals surface area (Å²) in [6.07, 6.45) is 1.67. The maximum Gasteiger partial charge on any atom is 0.243 e. The number of nitrogens with zero attached hydrogens (tertiary/aromatic N) is 1. The minimum absolute atomic E-state index is 0.281. The third-order valence-corrected chi connectivity index (χ3v) is 6.17. The van der Waals surface area contributed by atoms with Crippen LogP contribution in [0.3, 0.4) is 0 Å². The van der Waals surface area contributed by atoms with E-state index in [-0.39, 0.29) is 4.90 Å². The SMILES string of the molecule is COCC1CCN(S(=O)(=O)c2ccc(N)c(Br)c2)CC1. The van der Waals surface area contributed by atoms with E-state index in [0.717, 1.165) is 12.8 Å². The van der Waals surface area contributed by atoms with Crippen LogP contribution in [0.4, 0.5) is 5.69 Å². The van der Waals surface area contributed by atoms with Gasteiger partial charge in [-0.3, -0.25) is 0 Å². The van der Waals surface area contributed by atoms with E-state index in [1.54, 1.807) is 25.3 Å². The molecule has 5 nitrogen and oxygen atoms in total. The summed E-state index contributed by atoms with van der Waals surface area (Å²) in [7, 11) is -1.76. The molecule has 0 bridgehead atoms. The molecule has 0 atom stereocenters. The number of halogens is 1. The third kappa shape index (κ3) is 3.33. The van der Waals surface area contributed by atoms with Gasteiger partial charge >= 0.3 is 0 Å². The van der Waals surface area contributed by atoms with E-state index in [9.17, 15) is 8.42 Å². The van der Waals surface area contributed by atoms with Gasteiger partial charge in [0.15, 0.2) is 0 Å². The second-order valence-corrected chi connectivity index (χ2v) is 7.78. The van der Waals surface area contributed by atoms with Crippen molar-refractivity contribution in [3.05, 3.63) is 22.7 Å². The summed E-state index contributed by atoms with van der Waals surface area (Å²) < 4.78 is 32.4. The molecule has 1 aliphatic rings. The Kier molecular flexibility index (Phi) is 5.06. The Bertz CT molecular complexity index is 569. The quantitative estimate of drug-likeness (QED) is 0.832. The number of benzene rings is 1. The van der Waals surface area contributed by atoms with Crippen molar-refractivity contribution in [2.45, 2.75) is 17.7 Å². The number of hydrogen-bond acceptors (Lipinski definition) is 4. The fraction of sp³-hybridized carbons (Fsp3) is 0.538. The highest BCUT2D eigenvalue weighted by Crippen LogP contribution is 2.27. The van der Waals surface area contributed by atoms with Crippen molar-refractivity contribution < 1.29 is 13.2 Å². The molecule has 1 aromatic carbocycles. The van der Waals surface area contributed by atoms with Gasteiger partial charge in [-0.05, 0) is 52.9 Å². The topological polar surface area (TPSA) is 72.6 Å². The summed E-state index contributed by atoms with van der Waals surface area (Å²) in [5, 5.41) is 0. The van der Waals surface area contributed by atoms with Crippen LogP contribution in [-0.4, -0.2) is 39.5 Å². The zero-order chi connectivity index (χ0) is 14.8. The van der Waals surface area contributed by atoms with E-state index >= 15 is 0 Å². The maximum absolute atomic E-state index is 12.5. The standard InChI is InChI=1S/C13H19BrN2O3S/c1-19-9-10-4-6-16(7-5-10)20(17,18)11-2-3-13(15)12(14)8-11/h2-3,8,10H,4-7,9,15H2,1H3. The van der Waals surface area contributed by atoms with Gasteiger partial charge in [-0.2, -0.15) is 4.31 Å². The smallest absolute Gasteiger partial charge is 0.243 e. The molecule has 0 aromatic heterocycles. The van der Waals surface area contributed by atoms with E-state index in [2.05, 4.69) is 15.9 Å². The van der Waals surface area contributed by atoms with Gasteiger partial charge in [-0.25, -0.2) is 8.42 Å². The molecule has 112 valence electrons. The predicted molar refractivity (Wildman–Crippen MR) is 81.9 cm³/mol. The van der Waals surface area contributed by atoms with Crippen LogP contribution < -0.4 is 5.73 Å². The van der Waals surface area contributed by atoms with Gasteiger partial charge < -0.3 is 10.5 Å². The number of sulfonamides is 1. The Morgan fingerprint density at radius 2 is 2.05 bits per heavy atom. The second-order valence-electron chi connectivity index (χ2n) is 4.99. The summed E-state index contributed by atoms with van der Waals surface area (Å²) in [5.41, 5.74) is 6.22. The average Bonchev–Trinajstić information content (AvgIpc) is 2.43. The molecule has 0 spiro atoms. The van der Waals surface area contributed by atoms with E-state index in [1.807, 2.05) is 0 Å². The van der Waals surface area contributed by atoms with E-state index < -0.39 is 10.0 Å². The molecule has 1 heterocycles. The lowest BCUT2D eigenvalue weighted by molar-refractivity contribution is 0.121. The Balaban J connectivity index is 2.13. The molecule has 1 aromatic rings. The highest BCUT2D eigenvalue weighted by molar-refractivity contribution is 9.10. The number of nitrogens with two attached hydrogens (primary N) is 1. The predicted octanol–water partition coefficient (Wildman–Crippen LogP) is 2.08. The normalized spacial score (nSPS) is 18.3. The van der Waals surface area contributed by atoms with Gasteiger partial charge in [-0.15, -0.1) is 0 Å². The lowest BCUT2D eigenvalue weighted by Crippen LogP contribution is -2.39. The van der Waals surface area contributed by atoms with Crippen molar-refractivity contribution in [3.8, 4) is 0 Å². The third-order valence-electron chi connectivity index (χ3n) is 3.59. The molecule has 0 saturated carbocycles. The lowest BCUT2D eigenvalue weighted by Gasteiger charge is -2.30. The van der Waals surface area contributed by atoms with Crippen molar-refractivity contribution in [1.82, 2.24) is 4.31 Å². The van der Waals surface area contributed by atoms with Gasteiger partial charge in [-0.1, -0.05) is 0 Å². The highest BCUT2D eigenvalue weighted by Gasteiger charge is 2.29. The first-order chi connectivity index (χ1) is 9.45. The van der Waals surface area contributed by atoms with Crippen molar-refractivity contribution in [3.63, 3.8) is 0 Å². The Morgan fingerprint density at radius 1 is 1.40 bits per heavy atom. The molecule has 2 rings (SSSR count). The Hall–Kier alpha value is -0.630. The largest absolute Gasteiger partial charge is 0.398 e. The fourth-order valence-corrected chi connectivity index (χ4v) is 4.40. The molecule has 1 saturated heterocycles. The summed E-state index contributed by atoms with van der Waals surface area (Å²) in [4.78, 5) is 0.281. The maximum atomic E-state index is 12.5. The molecule has 7 heteroatoms. The van der Waals surface area contributed by atoms with Gasteiger partial charge in [0.2, 0.25) is 10.0 Å². The number of anilines is 1. The summed E-state index contributed by atoms with van der Waals surface area (Å²) in [6, 6.07) is 4.72. The Labute approximate surface area is 128 Å². The minimum Gasteiger partial charge on any atom is -0.398 e. The second kappa shape index (κ2) is 6.43. The molecular weight excluding hydrogens is 344 g/mol. The van der Waals surface area contributed by atoms with E-state index in [0.29, 0.717) is 35.8 Å². The first kappa shape index (κ1) is 15.8. The average molecular weight is 363 g/mol. The van der Waals surface area contributed by atoms with Crippen LogP contribution in [0.2, 0.25) is 0 Å². The van der Waals surface area contributed by atoms with Gasteiger partial charge in [0.25, 0.3) is 0 Å². The molecule has 20 heavy (non-hydrogen) atoms. The van der Waals surface area contributed by atoms with E-state index in [4.69, 9.17) is 10.5 Å². The summed E-state index contributed by atoms with van der Waals surface area (Å²) in [5.74, 6) is 0.449. The van der Waals surface area contributed by atoms with Crippen LogP contribution in [0.25, 0.3) is 0 Å². The monoisotopic (exact) mass is 362 g/mol. The zero-order valence-electron chi connectivity index (χ0n) is 11.4. The van der Waals surface area contributed by atoms with Crippen LogP contribution >= 0.6 is 15.9 Å². The number of ether oxygens (including phenoxy) is 1. The lowest BCUT2D eigenvalue weighted by atomic mass is 9.99. The fourth-order valence-electron chi connectivity index (χ4n) is 2.37. The van der Waals surface area contributed by atoms with Crippen molar-refractivity contribution >= 4 is 31.6 Å². The van der Waals surface area contributed by atoms with Crippen molar-refractivity contribution in [2.75, 3.05) is 32.5 Å². The van der Waals surface area contributed by atoms with Crippen LogP contribution in [0.1, 0.15) is 12.8 Å². The zero-order valence-corrected chi connectivity index (χ0v) is 13.8. The Morgan fingerprint density at radius 3 is 2.60 bits per heavy atom. The first-order valence-corrected chi connectivity index (χ1v) is 8.72. The molecule has 1 aliphatic heterocycles. The summed E-state index contributed by atoms with van der Waals surface area (Å²) >= 11 is 3.27. The minimum atomic E-state index is -3.43. The number of nitrogen functional groups attached to an aromatic ring is 1. The van der Waals surface area contributed by atoms with Crippen LogP contribution in [0.15, 0.2) is 27.6 Å². The van der Waals surface area contributed by atoms with Gasteiger partial charge in [0.05, 0.1) is 4.90 Å². The van der Waals surface area contributed by atoms with Crippen molar-refractivity contribution in [1.29, 1.82) is 0 Å². The number of hydrogen-bond donors (Lipinski definition) is 1. The number of methoxy groups -OCH3 is 1. The highest BCUT2D eigenvalue weighted by atomic mass is 79.9. The van der Waals surface area contributed by atoms with Crippen molar-refractivity contribution in [2.24, 2.45) is 5.92 Å².